The molecule has 7 nitrogen and oxygen atoms in total. The average molecular weight is 383 g/mol. The van der Waals surface area contributed by atoms with Gasteiger partial charge < -0.3 is 19.4 Å². The van der Waals surface area contributed by atoms with E-state index in [4.69, 9.17) is 9.72 Å². The standard InChI is InChI=1S/C21H29N5O2/c1-15-14-16(2)22-20-18(15)4-5-19(23-20)25-8-6-17(7-9-25)24(3)21(27)26-10-12-28-13-11-26/h4-5,14,17H,6-13H2,1-3H3. The lowest BCUT2D eigenvalue weighted by Crippen LogP contribution is -2.52. The number of morpholine rings is 1. The fraction of sp³-hybridized carbons (Fsp3) is 0.571. The molecule has 150 valence electrons. The van der Waals surface area contributed by atoms with E-state index in [2.05, 4.69) is 35.0 Å². The predicted molar refractivity (Wildman–Crippen MR) is 110 cm³/mol. The Bertz CT molecular complexity index is 857. The second-order valence-electron chi connectivity index (χ2n) is 7.83. The minimum atomic E-state index is 0.126. The Morgan fingerprint density at radius 2 is 1.82 bits per heavy atom. The van der Waals surface area contributed by atoms with Gasteiger partial charge in [0, 0.05) is 50.3 Å². The topological polar surface area (TPSA) is 61.8 Å². The molecule has 28 heavy (non-hydrogen) atoms. The van der Waals surface area contributed by atoms with Crippen molar-refractivity contribution in [2.75, 3.05) is 51.3 Å². The van der Waals surface area contributed by atoms with Gasteiger partial charge in [-0.3, -0.25) is 0 Å². The summed E-state index contributed by atoms with van der Waals surface area (Å²) in [7, 11) is 1.93. The first-order valence-corrected chi connectivity index (χ1v) is 10.1. The molecule has 0 bridgehead atoms. The summed E-state index contributed by atoms with van der Waals surface area (Å²) < 4.78 is 5.35. The van der Waals surface area contributed by atoms with Gasteiger partial charge in [0.2, 0.25) is 0 Å². The van der Waals surface area contributed by atoms with Crippen molar-refractivity contribution in [3.05, 3.63) is 29.5 Å². The lowest BCUT2D eigenvalue weighted by Gasteiger charge is -2.39. The van der Waals surface area contributed by atoms with Gasteiger partial charge in [0.05, 0.1) is 13.2 Å². The van der Waals surface area contributed by atoms with E-state index in [-0.39, 0.29) is 12.1 Å². The van der Waals surface area contributed by atoms with Crippen molar-refractivity contribution < 1.29 is 9.53 Å². The average Bonchev–Trinajstić information content (AvgIpc) is 2.73. The van der Waals surface area contributed by atoms with Crippen molar-refractivity contribution in [1.82, 2.24) is 19.8 Å². The number of fused-ring (bicyclic) bond motifs is 1. The maximum Gasteiger partial charge on any atom is 0.320 e. The first-order chi connectivity index (χ1) is 13.5. The third-order valence-electron chi connectivity index (χ3n) is 5.91. The van der Waals surface area contributed by atoms with Gasteiger partial charge in [-0.1, -0.05) is 0 Å². The Balaban J connectivity index is 1.41. The summed E-state index contributed by atoms with van der Waals surface area (Å²) in [5.41, 5.74) is 3.02. The molecule has 4 rings (SSSR count). The number of carbonyl (C=O) groups excluding carboxylic acids is 1. The van der Waals surface area contributed by atoms with Crippen LogP contribution in [0.5, 0.6) is 0 Å². The third kappa shape index (κ3) is 3.76. The number of hydrogen-bond acceptors (Lipinski definition) is 5. The summed E-state index contributed by atoms with van der Waals surface area (Å²) in [6, 6.07) is 6.71. The second-order valence-corrected chi connectivity index (χ2v) is 7.83. The molecular weight excluding hydrogens is 354 g/mol. The molecule has 2 aliphatic rings. The summed E-state index contributed by atoms with van der Waals surface area (Å²) in [6.07, 6.45) is 1.90. The Morgan fingerprint density at radius 3 is 2.54 bits per heavy atom. The summed E-state index contributed by atoms with van der Waals surface area (Å²) in [5, 5.41) is 1.11. The van der Waals surface area contributed by atoms with Crippen LogP contribution in [0, 0.1) is 13.8 Å². The highest BCUT2D eigenvalue weighted by Gasteiger charge is 2.29. The summed E-state index contributed by atoms with van der Waals surface area (Å²) >= 11 is 0. The fourth-order valence-electron chi connectivity index (χ4n) is 4.21. The number of aryl methyl sites for hydroxylation is 2. The largest absolute Gasteiger partial charge is 0.378 e. The molecule has 0 radical (unpaired) electrons. The normalized spacial score (nSPS) is 18.5. The molecular formula is C21H29N5O2. The van der Waals surface area contributed by atoms with E-state index < -0.39 is 0 Å². The molecule has 0 N–H and O–H groups in total. The van der Waals surface area contributed by atoms with Crippen LogP contribution in [0.3, 0.4) is 0 Å². The maximum absolute atomic E-state index is 12.7. The quantitative estimate of drug-likeness (QED) is 0.798. The highest BCUT2D eigenvalue weighted by atomic mass is 16.5. The van der Waals surface area contributed by atoms with Crippen molar-refractivity contribution >= 4 is 22.9 Å². The van der Waals surface area contributed by atoms with Crippen LogP contribution in [0.1, 0.15) is 24.1 Å². The molecule has 2 amide bonds. The van der Waals surface area contributed by atoms with Crippen LogP contribution < -0.4 is 4.90 Å². The predicted octanol–water partition coefficient (Wildman–Crippen LogP) is 2.60. The molecule has 0 aliphatic carbocycles. The van der Waals surface area contributed by atoms with E-state index >= 15 is 0 Å². The number of amides is 2. The molecule has 2 saturated heterocycles. The van der Waals surface area contributed by atoms with Gasteiger partial charge in [0.25, 0.3) is 0 Å². The zero-order chi connectivity index (χ0) is 19.7. The minimum Gasteiger partial charge on any atom is -0.378 e. The Labute approximate surface area is 166 Å². The highest BCUT2D eigenvalue weighted by Crippen LogP contribution is 2.24. The van der Waals surface area contributed by atoms with Gasteiger partial charge in [0.1, 0.15) is 5.82 Å². The van der Waals surface area contributed by atoms with Gasteiger partial charge in [-0.15, -0.1) is 0 Å². The van der Waals surface area contributed by atoms with Gasteiger partial charge in [-0.05, 0) is 50.5 Å². The molecule has 4 heterocycles. The van der Waals surface area contributed by atoms with Crippen LogP contribution in [0.25, 0.3) is 11.0 Å². The number of piperidine rings is 1. The highest BCUT2D eigenvalue weighted by molar-refractivity contribution is 5.80. The zero-order valence-electron chi connectivity index (χ0n) is 17.0. The zero-order valence-corrected chi connectivity index (χ0v) is 17.0. The number of rotatable bonds is 2. The van der Waals surface area contributed by atoms with Crippen LogP contribution in [-0.4, -0.2) is 78.3 Å². The second kappa shape index (κ2) is 7.91. The van der Waals surface area contributed by atoms with Crippen molar-refractivity contribution in [3.63, 3.8) is 0 Å². The van der Waals surface area contributed by atoms with E-state index in [0.29, 0.717) is 26.3 Å². The SMILES string of the molecule is Cc1cc(C)c2ccc(N3CCC(N(C)C(=O)N4CCOCC4)CC3)nc2n1. The van der Waals surface area contributed by atoms with Crippen molar-refractivity contribution in [2.45, 2.75) is 32.7 Å². The van der Waals surface area contributed by atoms with Crippen LogP contribution in [0.15, 0.2) is 18.2 Å². The molecule has 2 fully saturated rings. The lowest BCUT2D eigenvalue weighted by molar-refractivity contribution is 0.0409. The Morgan fingerprint density at radius 1 is 1.11 bits per heavy atom. The van der Waals surface area contributed by atoms with Gasteiger partial charge in [-0.2, -0.15) is 0 Å². The summed E-state index contributed by atoms with van der Waals surface area (Å²) in [6.45, 7) is 8.56. The van der Waals surface area contributed by atoms with Crippen molar-refractivity contribution in [3.8, 4) is 0 Å². The van der Waals surface area contributed by atoms with Gasteiger partial charge in [0.15, 0.2) is 5.65 Å². The summed E-state index contributed by atoms with van der Waals surface area (Å²) in [4.78, 5) is 28.3. The van der Waals surface area contributed by atoms with E-state index in [9.17, 15) is 4.79 Å². The first kappa shape index (κ1) is 18.9. The number of aromatic nitrogens is 2. The number of urea groups is 1. The number of pyridine rings is 2. The molecule has 0 spiro atoms. The van der Waals surface area contributed by atoms with E-state index in [1.54, 1.807) is 0 Å². The Hall–Kier alpha value is -2.41. The molecule has 2 aromatic heterocycles. The van der Waals surface area contributed by atoms with Crippen LogP contribution in [-0.2, 0) is 4.74 Å². The molecule has 0 atom stereocenters. The molecule has 0 unspecified atom stereocenters. The maximum atomic E-state index is 12.7. The van der Waals surface area contributed by atoms with Crippen LogP contribution in [0.2, 0.25) is 0 Å². The third-order valence-corrected chi connectivity index (χ3v) is 5.91. The number of ether oxygens (including phenoxy) is 1. The number of carbonyl (C=O) groups is 1. The summed E-state index contributed by atoms with van der Waals surface area (Å²) in [5.74, 6) is 0.977. The number of hydrogen-bond donors (Lipinski definition) is 0. The monoisotopic (exact) mass is 383 g/mol. The minimum absolute atomic E-state index is 0.126. The first-order valence-electron chi connectivity index (χ1n) is 10.1. The molecule has 2 aliphatic heterocycles. The van der Waals surface area contributed by atoms with Gasteiger partial charge >= 0.3 is 6.03 Å². The van der Waals surface area contributed by atoms with Gasteiger partial charge in [-0.25, -0.2) is 14.8 Å². The fourth-order valence-corrected chi connectivity index (χ4v) is 4.21. The van der Waals surface area contributed by atoms with E-state index in [1.165, 1.54) is 5.56 Å². The number of nitrogens with zero attached hydrogens (tertiary/aromatic N) is 5. The van der Waals surface area contributed by atoms with Crippen LogP contribution >= 0.6 is 0 Å². The Kier molecular flexibility index (Phi) is 5.35. The molecule has 7 heteroatoms. The van der Waals surface area contributed by atoms with Crippen molar-refractivity contribution in [2.24, 2.45) is 0 Å². The molecule has 0 aromatic carbocycles. The van der Waals surface area contributed by atoms with Crippen LogP contribution in [0.4, 0.5) is 10.6 Å². The number of anilines is 1. The molecule has 0 saturated carbocycles. The molecule has 2 aromatic rings. The lowest BCUT2D eigenvalue weighted by atomic mass is 10.0. The van der Waals surface area contributed by atoms with E-state index in [0.717, 1.165) is 48.5 Å². The smallest absolute Gasteiger partial charge is 0.320 e. The van der Waals surface area contributed by atoms with Crippen molar-refractivity contribution in [1.29, 1.82) is 0 Å². The van der Waals surface area contributed by atoms with E-state index in [1.807, 2.05) is 23.8 Å².